The molecule has 0 bridgehead atoms. The number of carbonyl (C=O) groups is 2. The van der Waals surface area contributed by atoms with Gasteiger partial charge in [0, 0.05) is 12.1 Å². The Morgan fingerprint density at radius 3 is 2.45 bits per heavy atom. The topological polar surface area (TPSA) is 55.4 Å². The minimum absolute atomic E-state index is 0.0598. The smallest absolute Gasteiger partial charge is 0.257 e. The highest BCUT2D eigenvalue weighted by Crippen LogP contribution is 2.34. The van der Waals surface area contributed by atoms with Gasteiger partial charge in [0.2, 0.25) is 0 Å². The number of halogens is 2. The Hall–Kier alpha value is -0.880. The number of aldehydes is 1. The summed E-state index contributed by atoms with van der Waals surface area (Å²) in [4.78, 5) is 22.3. The van der Waals surface area contributed by atoms with Crippen LogP contribution in [-0.2, 0) is 4.79 Å². The van der Waals surface area contributed by atoms with Gasteiger partial charge in [0.25, 0.3) is 5.91 Å². The van der Waals surface area contributed by atoms with Crippen molar-refractivity contribution in [3.63, 3.8) is 0 Å². The highest BCUT2D eigenvalue weighted by atomic mass is 79.9. The van der Waals surface area contributed by atoms with Gasteiger partial charge < -0.3 is 10.1 Å². The summed E-state index contributed by atoms with van der Waals surface area (Å²) < 4.78 is 6.72. The number of amides is 1. The van der Waals surface area contributed by atoms with Gasteiger partial charge in [-0.05, 0) is 56.3 Å². The van der Waals surface area contributed by atoms with E-state index >= 15 is 0 Å². The van der Waals surface area contributed by atoms with Crippen molar-refractivity contribution in [3.8, 4) is 5.75 Å². The van der Waals surface area contributed by atoms with Crippen LogP contribution in [0.5, 0.6) is 5.75 Å². The Bertz CT molecular complexity index is 466. The molecule has 0 aliphatic carbocycles. The highest BCUT2D eigenvalue weighted by molar-refractivity contribution is 9.11. The number of ether oxygens (including phenoxy) is 1. The zero-order valence-electron chi connectivity index (χ0n) is 11.4. The fourth-order valence-corrected chi connectivity index (χ4v) is 2.93. The van der Waals surface area contributed by atoms with Crippen molar-refractivity contribution in [2.24, 2.45) is 5.92 Å². The maximum atomic E-state index is 11.6. The van der Waals surface area contributed by atoms with Crippen LogP contribution in [0.4, 0.5) is 0 Å². The lowest BCUT2D eigenvalue weighted by Crippen LogP contribution is -2.30. The average molecular weight is 407 g/mol. The normalized spacial score (nSPS) is 10.4. The molecule has 1 N–H and O–H groups in total. The third kappa shape index (κ3) is 5.63. The fourth-order valence-electron chi connectivity index (χ4n) is 1.47. The molecule has 1 aromatic carbocycles. The number of rotatable bonds is 7. The zero-order chi connectivity index (χ0) is 15.1. The van der Waals surface area contributed by atoms with Crippen molar-refractivity contribution in [3.05, 3.63) is 26.6 Å². The quantitative estimate of drug-likeness (QED) is 0.704. The SMILES string of the molecule is CC(C)CCNC(=O)COc1c(Br)cc(C=O)cc1Br. The first-order chi connectivity index (χ1) is 9.43. The van der Waals surface area contributed by atoms with E-state index in [0.717, 1.165) is 12.7 Å². The molecule has 4 nitrogen and oxygen atoms in total. The van der Waals surface area contributed by atoms with Crippen molar-refractivity contribution in [2.45, 2.75) is 20.3 Å². The van der Waals surface area contributed by atoms with Gasteiger partial charge in [0.05, 0.1) is 8.95 Å². The average Bonchev–Trinajstić information content (AvgIpc) is 2.36. The molecule has 0 aromatic heterocycles. The number of carbonyl (C=O) groups excluding carboxylic acids is 2. The molecular formula is C14H17Br2NO3. The summed E-state index contributed by atoms with van der Waals surface area (Å²) in [6, 6.07) is 3.29. The Kier molecular flexibility index (Phi) is 7.23. The van der Waals surface area contributed by atoms with Gasteiger partial charge in [-0.15, -0.1) is 0 Å². The van der Waals surface area contributed by atoms with E-state index in [-0.39, 0.29) is 12.5 Å². The Morgan fingerprint density at radius 2 is 1.95 bits per heavy atom. The summed E-state index contributed by atoms with van der Waals surface area (Å²) in [6.07, 6.45) is 1.69. The van der Waals surface area contributed by atoms with E-state index in [1.54, 1.807) is 12.1 Å². The van der Waals surface area contributed by atoms with Gasteiger partial charge in [-0.25, -0.2) is 0 Å². The zero-order valence-corrected chi connectivity index (χ0v) is 14.6. The molecule has 0 aliphatic rings. The summed E-state index contributed by atoms with van der Waals surface area (Å²) >= 11 is 6.63. The van der Waals surface area contributed by atoms with E-state index in [1.807, 2.05) is 0 Å². The first-order valence-corrected chi connectivity index (χ1v) is 7.86. The second-order valence-corrected chi connectivity index (χ2v) is 6.46. The van der Waals surface area contributed by atoms with Gasteiger partial charge >= 0.3 is 0 Å². The monoisotopic (exact) mass is 405 g/mol. The second kappa shape index (κ2) is 8.42. The Balaban J connectivity index is 2.53. The number of hydrogen-bond acceptors (Lipinski definition) is 3. The predicted octanol–water partition coefficient (Wildman–Crippen LogP) is 3.57. The molecule has 0 spiro atoms. The summed E-state index contributed by atoms with van der Waals surface area (Å²) in [7, 11) is 0. The molecule has 1 aromatic rings. The third-order valence-electron chi connectivity index (χ3n) is 2.55. The van der Waals surface area contributed by atoms with Crippen molar-refractivity contribution in [2.75, 3.05) is 13.2 Å². The largest absolute Gasteiger partial charge is 0.481 e. The van der Waals surface area contributed by atoms with E-state index in [0.29, 0.717) is 32.7 Å². The van der Waals surface area contributed by atoms with Crippen molar-refractivity contribution < 1.29 is 14.3 Å². The maximum absolute atomic E-state index is 11.6. The maximum Gasteiger partial charge on any atom is 0.257 e. The van der Waals surface area contributed by atoms with E-state index in [9.17, 15) is 9.59 Å². The third-order valence-corrected chi connectivity index (χ3v) is 3.73. The summed E-state index contributed by atoms with van der Waals surface area (Å²) in [5.74, 6) is 0.897. The van der Waals surface area contributed by atoms with E-state index in [1.165, 1.54) is 0 Å². The van der Waals surface area contributed by atoms with Crippen LogP contribution in [0.15, 0.2) is 21.1 Å². The number of hydrogen-bond donors (Lipinski definition) is 1. The molecule has 0 aliphatic heterocycles. The minimum Gasteiger partial charge on any atom is -0.481 e. The molecule has 0 atom stereocenters. The van der Waals surface area contributed by atoms with E-state index in [2.05, 4.69) is 51.0 Å². The van der Waals surface area contributed by atoms with Crippen molar-refractivity contribution in [1.29, 1.82) is 0 Å². The van der Waals surface area contributed by atoms with Gasteiger partial charge in [0.15, 0.2) is 6.61 Å². The molecule has 0 fully saturated rings. The molecule has 0 radical (unpaired) electrons. The van der Waals surface area contributed by atoms with Crippen LogP contribution in [0.25, 0.3) is 0 Å². The minimum atomic E-state index is -0.163. The molecule has 0 saturated heterocycles. The standard InChI is InChI=1S/C14H17Br2NO3/c1-9(2)3-4-17-13(19)8-20-14-11(15)5-10(7-18)6-12(14)16/h5-7,9H,3-4,8H2,1-2H3,(H,17,19). The molecule has 1 rings (SSSR count). The lowest BCUT2D eigenvalue weighted by atomic mass is 10.1. The van der Waals surface area contributed by atoms with Crippen LogP contribution in [0.2, 0.25) is 0 Å². The fraction of sp³-hybridized carbons (Fsp3) is 0.429. The van der Waals surface area contributed by atoms with E-state index in [4.69, 9.17) is 4.74 Å². The summed E-state index contributed by atoms with van der Waals surface area (Å²) in [5, 5.41) is 2.79. The van der Waals surface area contributed by atoms with Crippen molar-refractivity contribution in [1.82, 2.24) is 5.32 Å². The summed E-state index contributed by atoms with van der Waals surface area (Å²) in [5.41, 5.74) is 0.525. The molecule has 0 heterocycles. The summed E-state index contributed by atoms with van der Waals surface area (Å²) in [6.45, 7) is 4.79. The molecule has 1 amide bonds. The van der Waals surface area contributed by atoms with Crippen LogP contribution in [0.3, 0.4) is 0 Å². The first-order valence-electron chi connectivity index (χ1n) is 6.27. The Morgan fingerprint density at radius 1 is 1.35 bits per heavy atom. The molecule has 110 valence electrons. The van der Waals surface area contributed by atoms with Gasteiger partial charge in [-0.3, -0.25) is 9.59 Å². The van der Waals surface area contributed by atoms with Crippen LogP contribution in [0.1, 0.15) is 30.6 Å². The van der Waals surface area contributed by atoms with Crippen LogP contribution in [-0.4, -0.2) is 25.3 Å². The highest BCUT2D eigenvalue weighted by Gasteiger charge is 2.11. The lowest BCUT2D eigenvalue weighted by Gasteiger charge is -2.11. The van der Waals surface area contributed by atoms with Crippen LogP contribution >= 0.6 is 31.9 Å². The first kappa shape index (κ1) is 17.2. The molecule has 0 unspecified atom stereocenters. The molecular weight excluding hydrogens is 390 g/mol. The number of benzene rings is 1. The predicted molar refractivity (Wildman–Crippen MR) is 85.2 cm³/mol. The van der Waals surface area contributed by atoms with Crippen LogP contribution < -0.4 is 10.1 Å². The van der Waals surface area contributed by atoms with Gasteiger partial charge in [-0.2, -0.15) is 0 Å². The van der Waals surface area contributed by atoms with Gasteiger partial charge in [0.1, 0.15) is 12.0 Å². The van der Waals surface area contributed by atoms with Gasteiger partial charge in [-0.1, -0.05) is 13.8 Å². The lowest BCUT2D eigenvalue weighted by molar-refractivity contribution is -0.123. The van der Waals surface area contributed by atoms with Crippen molar-refractivity contribution >= 4 is 44.1 Å². The number of nitrogens with one attached hydrogen (secondary N) is 1. The van der Waals surface area contributed by atoms with E-state index < -0.39 is 0 Å². The molecule has 0 saturated carbocycles. The molecule has 20 heavy (non-hydrogen) atoms. The van der Waals surface area contributed by atoms with Crippen LogP contribution in [0, 0.1) is 5.92 Å². The second-order valence-electron chi connectivity index (χ2n) is 4.75. The Labute approximate surface area is 135 Å². The molecule has 6 heteroatoms.